The van der Waals surface area contributed by atoms with Gasteiger partial charge in [-0.2, -0.15) is 0 Å². The second-order valence-electron chi connectivity index (χ2n) is 7.71. The van der Waals surface area contributed by atoms with E-state index in [0.29, 0.717) is 17.3 Å². The maximum absolute atomic E-state index is 13.5. The topological polar surface area (TPSA) is 66.5 Å². The molecule has 0 fully saturated rings. The van der Waals surface area contributed by atoms with Crippen molar-refractivity contribution in [1.29, 1.82) is 0 Å². The van der Waals surface area contributed by atoms with Crippen molar-refractivity contribution in [2.45, 2.75) is 18.4 Å². The number of carbonyl (C=O) groups is 1. The standard InChI is InChI=1S/C26H23ClN2O3S/c1-19-6-2-5-9-25(19)29(33(31,32)24-14-12-23(27)13-15-24)18-26(30)28-17-20-10-11-21-7-3-4-8-22(21)16-20/h2-16H,17-18H2,1H3,(H,28,30). The minimum Gasteiger partial charge on any atom is -0.350 e. The van der Waals surface area contributed by atoms with Crippen molar-refractivity contribution in [3.05, 3.63) is 107 Å². The van der Waals surface area contributed by atoms with Crippen LogP contribution < -0.4 is 9.62 Å². The Kier molecular flexibility index (Phi) is 6.67. The first kappa shape index (κ1) is 22.8. The number of fused-ring (bicyclic) bond motifs is 1. The van der Waals surface area contributed by atoms with Gasteiger partial charge < -0.3 is 5.32 Å². The van der Waals surface area contributed by atoms with Crippen molar-refractivity contribution >= 4 is 44.0 Å². The molecule has 0 aliphatic rings. The highest BCUT2D eigenvalue weighted by molar-refractivity contribution is 7.92. The molecule has 0 heterocycles. The minimum atomic E-state index is -3.99. The number of hydrogen-bond donors (Lipinski definition) is 1. The molecule has 0 bridgehead atoms. The molecule has 168 valence electrons. The van der Waals surface area contributed by atoms with E-state index in [1.165, 1.54) is 24.3 Å². The molecule has 0 aliphatic carbocycles. The van der Waals surface area contributed by atoms with Gasteiger partial charge in [-0.15, -0.1) is 0 Å². The van der Waals surface area contributed by atoms with Crippen LogP contribution in [0.1, 0.15) is 11.1 Å². The summed E-state index contributed by atoms with van der Waals surface area (Å²) in [4.78, 5) is 12.9. The molecule has 0 saturated heterocycles. The number of nitrogens with zero attached hydrogens (tertiary/aromatic N) is 1. The smallest absolute Gasteiger partial charge is 0.264 e. The Morgan fingerprint density at radius 2 is 1.55 bits per heavy atom. The lowest BCUT2D eigenvalue weighted by atomic mass is 10.1. The third kappa shape index (κ3) is 5.18. The molecule has 4 aromatic rings. The first-order valence-corrected chi connectivity index (χ1v) is 12.2. The second kappa shape index (κ2) is 9.65. The van der Waals surface area contributed by atoms with Gasteiger partial charge in [0.05, 0.1) is 10.6 Å². The van der Waals surface area contributed by atoms with Crippen molar-refractivity contribution in [2.75, 3.05) is 10.8 Å². The van der Waals surface area contributed by atoms with Crippen LogP contribution in [0.4, 0.5) is 5.69 Å². The average molecular weight is 479 g/mol. The van der Waals surface area contributed by atoms with Gasteiger partial charge in [0.2, 0.25) is 5.91 Å². The quantitative estimate of drug-likeness (QED) is 0.391. The number of carbonyl (C=O) groups excluding carboxylic acids is 1. The number of amides is 1. The van der Waals surface area contributed by atoms with Crippen LogP contribution in [0, 0.1) is 6.92 Å². The van der Waals surface area contributed by atoms with Gasteiger partial charge in [0.15, 0.2) is 0 Å². The molecule has 0 radical (unpaired) electrons. The number of sulfonamides is 1. The first-order valence-electron chi connectivity index (χ1n) is 10.4. The molecule has 33 heavy (non-hydrogen) atoms. The van der Waals surface area contributed by atoms with Crippen LogP contribution in [-0.2, 0) is 21.4 Å². The molecule has 0 aromatic heterocycles. The van der Waals surface area contributed by atoms with E-state index in [9.17, 15) is 13.2 Å². The number of benzene rings is 4. The number of para-hydroxylation sites is 1. The van der Waals surface area contributed by atoms with E-state index in [1.807, 2.05) is 61.5 Å². The molecule has 5 nitrogen and oxygen atoms in total. The Hall–Kier alpha value is -3.35. The number of rotatable bonds is 7. The lowest BCUT2D eigenvalue weighted by Crippen LogP contribution is -2.41. The van der Waals surface area contributed by atoms with E-state index in [2.05, 4.69) is 5.32 Å². The van der Waals surface area contributed by atoms with Crippen LogP contribution in [-0.4, -0.2) is 20.9 Å². The Bertz CT molecular complexity index is 1400. The van der Waals surface area contributed by atoms with Crippen molar-refractivity contribution in [2.24, 2.45) is 0 Å². The number of anilines is 1. The van der Waals surface area contributed by atoms with Crippen molar-refractivity contribution in [3.8, 4) is 0 Å². The zero-order valence-corrected chi connectivity index (χ0v) is 19.6. The average Bonchev–Trinajstić information content (AvgIpc) is 2.82. The van der Waals surface area contributed by atoms with Gasteiger partial charge in [-0.25, -0.2) is 8.42 Å². The Morgan fingerprint density at radius 1 is 0.879 bits per heavy atom. The summed E-state index contributed by atoms with van der Waals surface area (Å²) in [6.07, 6.45) is 0. The zero-order valence-electron chi connectivity index (χ0n) is 18.0. The molecule has 1 amide bonds. The Morgan fingerprint density at radius 3 is 2.27 bits per heavy atom. The van der Waals surface area contributed by atoms with Gasteiger partial charge in [0, 0.05) is 11.6 Å². The summed E-state index contributed by atoms with van der Waals surface area (Å²) >= 11 is 5.93. The van der Waals surface area contributed by atoms with E-state index >= 15 is 0 Å². The molecule has 0 spiro atoms. The highest BCUT2D eigenvalue weighted by atomic mass is 35.5. The number of nitrogens with one attached hydrogen (secondary N) is 1. The van der Waals surface area contributed by atoms with Crippen LogP contribution >= 0.6 is 11.6 Å². The molecule has 4 aromatic carbocycles. The Labute approximate surface area is 198 Å². The molecule has 0 saturated carbocycles. The van der Waals surface area contributed by atoms with Gasteiger partial charge in [-0.1, -0.05) is 66.2 Å². The van der Waals surface area contributed by atoms with Crippen LogP contribution in [0.25, 0.3) is 10.8 Å². The SMILES string of the molecule is Cc1ccccc1N(CC(=O)NCc1ccc2ccccc2c1)S(=O)(=O)c1ccc(Cl)cc1. The van der Waals surface area contributed by atoms with Crippen molar-refractivity contribution in [1.82, 2.24) is 5.32 Å². The summed E-state index contributed by atoms with van der Waals surface area (Å²) < 4.78 is 28.1. The van der Waals surface area contributed by atoms with Crippen LogP contribution in [0.3, 0.4) is 0 Å². The fourth-order valence-corrected chi connectivity index (χ4v) is 5.22. The predicted octanol–water partition coefficient (Wildman–Crippen LogP) is 5.31. The monoisotopic (exact) mass is 478 g/mol. The molecular weight excluding hydrogens is 456 g/mol. The van der Waals surface area contributed by atoms with Crippen molar-refractivity contribution < 1.29 is 13.2 Å². The van der Waals surface area contributed by atoms with E-state index in [-0.39, 0.29) is 11.4 Å². The summed E-state index contributed by atoms with van der Waals surface area (Å²) in [5.74, 6) is -0.399. The normalized spacial score (nSPS) is 11.3. The maximum atomic E-state index is 13.5. The van der Waals surface area contributed by atoms with Crippen molar-refractivity contribution in [3.63, 3.8) is 0 Å². The third-order valence-electron chi connectivity index (χ3n) is 5.38. The number of hydrogen-bond acceptors (Lipinski definition) is 3. The molecular formula is C26H23ClN2O3S. The van der Waals surface area contributed by atoms with Gasteiger partial charge in [-0.3, -0.25) is 9.10 Å². The largest absolute Gasteiger partial charge is 0.350 e. The lowest BCUT2D eigenvalue weighted by Gasteiger charge is -2.25. The summed E-state index contributed by atoms with van der Waals surface area (Å²) in [5, 5.41) is 5.48. The molecule has 0 unspecified atom stereocenters. The summed E-state index contributed by atoms with van der Waals surface area (Å²) in [6.45, 7) is 1.77. The van der Waals surface area contributed by atoms with Gasteiger partial charge in [-0.05, 0) is 65.2 Å². The minimum absolute atomic E-state index is 0.0671. The maximum Gasteiger partial charge on any atom is 0.264 e. The van der Waals surface area contributed by atoms with E-state index in [0.717, 1.165) is 26.2 Å². The summed E-state index contributed by atoms with van der Waals surface area (Å²) in [7, 11) is -3.99. The van der Waals surface area contributed by atoms with E-state index in [4.69, 9.17) is 11.6 Å². The third-order valence-corrected chi connectivity index (χ3v) is 7.40. The summed E-state index contributed by atoms with van der Waals surface area (Å²) in [6, 6.07) is 26.9. The molecule has 0 aliphatic heterocycles. The number of aryl methyl sites for hydroxylation is 1. The fourth-order valence-electron chi connectivity index (χ4n) is 3.61. The lowest BCUT2D eigenvalue weighted by molar-refractivity contribution is -0.119. The van der Waals surface area contributed by atoms with Gasteiger partial charge in [0.1, 0.15) is 6.54 Å². The zero-order chi connectivity index (χ0) is 23.4. The summed E-state index contributed by atoms with van der Waals surface area (Å²) in [5.41, 5.74) is 2.13. The van der Waals surface area contributed by atoms with Crippen LogP contribution in [0.5, 0.6) is 0 Å². The van der Waals surface area contributed by atoms with E-state index < -0.39 is 15.9 Å². The first-order chi connectivity index (χ1) is 15.8. The fraction of sp³-hybridized carbons (Fsp3) is 0.115. The molecule has 4 rings (SSSR count). The van der Waals surface area contributed by atoms with E-state index in [1.54, 1.807) is 12.1 Å². The highest BCUT2D eigenvalue weighted by Crippen LogP contribution is 2.27. The molecule has 1 N–H and O–H groups in total. The number of halogens is 1. The Balaban J connectivity index is 1.57. The van der Waals surface area contributed by atoms with Crippen LogP contribution in [0.15, 0.2) is 95.9 Å². The van der Waals surface area contributed by atoms with Gasteiger partial charge >= 0.3 is 0 Å². The predicted molar refractivity (Wildman–Crippen MR) is 133 cm³/mol. The van der Waals surface area contributed by atoms with Gasteiger partial charge in [0.25, 0.3) is 10.0 Å². The molecule has 0 atom stereocenters. The second-order valence-corrected chi connectivity index (χ2v) is 10.0. The van der Waals surface area contributed by atoms with Crippen LogP contribution in [0.2, 0.25) is 5.02 Å². The highest BCUT2D eigenvalue weighted by Gasteiger charge is 2.28. The molecule has 7 heteroatoms.